The molecular formula is C16H17NO4. The molecule has 0 aliphatic carbocycles. The van der Waals surface area contributed by atoms with Crippen molar-refractivity contribution in [1.82, 2.24) is 0 Å². The number of ether oxygens (including phenoxy) is 2. The third-order valence-corrected chi connectivity index (χ3v) is 2.83. The highest BCUT2D eigenvalue weighted by molar-refractivity contribution is 5.92. The Labute approximate surface area is 122 Å². The van der Waals surface area contributed by atoms with Gasteiger partial charge in [0.15, 0.2) is 11.5 Å². The molecule has 0 heterocycles. The van der Waals surface area contributed by atoms with Gasteiger partial charge in [0.1, 0.15) is 13.2 Å². The van der Waals surface area contributed by atoms with Crippen LogP contribution in [-0.2, 0) is 6.61 Å². The quantitative estimate of drug-likeness (QED) is 0.812. The lowest BCUT2D eigenvalue weighted by Crippen LogP contribution is -2.10. The summed E-state index contributed by atoms with van der Waals surface area (Å²) in [5.41, 5.74) is 6.57. The van der Waals surface area contributed by atoms with Crippen LogP contribution in [0.3, 0.4) is 0 Å². The van der Waals surface area contributed by atoms with Gasteiger partial charge in [0, 0.05) is 5.56 Å². The summed E-state index contributed by atoms with van der Waals surface area (Å²) < 4.78 is 11.1. The molecule has 0 radical (unpaired) electrons. The molecule has 0 aliphatic heterocycles. The molecule has 2 aromatic rings. The minimum absolute atomic E-state index is 0.0527. The van der Waals surface area contributed by atoms with E-state index in [1.54, 1.807) is 36.4 Å². The molecule has 110 valence electrons. The molecule has 5 nitrogen and oxygen atoms in total. The number of nitrogens with two attached hydrogens (primary N) is 1. The molecule has 0 atom stereocenters. The number of aliphatic hydroxyl groups is 1. The van der Waals surface area contributed by atoms with Crippen LogP contribution in [-0.4, -0.2) is 24.2 Å². The molecule has 0 fully saturated rings. The van der Waals surface area contributed by atoms with E-state index in [-0.39, 0.29) is 13.2 Å². The molecule has 5 heteroatoms. The number of hydrogen-bond donors (Lipinski definition) is 2. The molecule has 0 saturated carbocycles. The Balaban J connectivity index is 2.00. The van der Waals surface area contributed by atoms with Crippen LogP contribution in [0.15, 0.2) is 48.5 Å². The SMILES string of the molecule is NC(=O)c1ccc(COc2ccccc2OCCO)cc1. The van der Waals surface area contributed by atoms with Crippen LogP contribution in [0, 0.1) is 0 Å². The van der Waals surface area contributed by atoms with Crippen molar-refractivity contribution in [2.75, 3.05) is 13.2 Å². The lowest BCUT2D eigenvalue weighted by atomic mass is 10.1. The molecule has 0 aliphatic rings. The largest absolute Gasteiger partial charge is 0.487 e. The first-order chi connectivity index (χ1) is 10.2. The van der Waals surface area contributed by atoms with E-state index in [9.17, 15) is 4.79 Å². The Morgan fingerprint density at radius 3 is 2.19 bits per heavy atom. The number of aliphatic hydroxyl groups excluding tert-OH is 1. The van der Waals surface area contributed by atoms with Crippen LogP contribution in [0.4, 0.5) is 0 Å². The predicted octanol–water partition coefficient (Wildman–Crippen LogP) is 1.74. The zero-order valence-electron chi connectivity index (χ0n) is 11.5. The Morgan fingerprint density at radius 1 is 1.00 bits per heavy atom. The minimum Gasteiger partial charge on any atom is -0.487 e. The number of benzene rings is 2. The van der Waals surface area contributed by atoms with Crippen molar-refractivity contribution in [3.8, 4) is 11.5 Å². The molecule has 0 aromatic heterocycles. The highest BCUT2D eigenvalue weighted by atomic mass is 16.5. The summed E-state index contributed by atoms with van der Waals surface area (Å²) in [5, 5.41) is 8.79. The second-order valence-electron chi connectivity index (χ2n) is 4.37. The molecule has 1 amide bonds. The van der Waals surface area contributed by atoms with E-state index in [2.05, 4.69) is 0 Å². The van der Waals surface area contributed by atoms with Gasteiger partial charge in [-0.1, -0.05) is 24.3 Å². The summed E-state index contributed by atoms with van der Waals surface area (Å²) in [6, 6.07) is 14.2. The average molecular weight is 287 g/mol. The average Bonchev–Trinajstić information content (AvgIpc) is 2.52. The van der Waals surface area contributed by atoms with Gasteiger partial charge in [-0.15, -0.1) is 0 Å². The van der Waals surface area contributed by atoms with Gasteiger partial charge >= 0.3 is 0 Å². The maximum Gasteiger partial charge on any atom is 0.248 e. The molecule has 0 unspecified atom stereocenters. The fourth-order valence-electron chi connectivity index (χ4n) is 1.77. The monoisotopic (exact) mass is 287 g/mol. The molecule has 3 N–H and O–H groups in total. The van der Waals surface area contributed by atoms with Crippen molar-refractivity contribution in [2.45, 2.75) is 6.61 Å². The van der Waals surface area contributed by atoms with Crippen LogP contribution in [0.25, 0.3) is 0 Å². The number of amides is 1. The van der Waals surface area contributed by atoms with Gasteiger partial charge in [-0.05, 0) is 29.8 Å². The Morgan fingerprint density at radius 2 is 1.62 bits per heavy atom. The summed E-state index contributed by atoms with van der Waals surface area (Å²) in [6.07, 6.45) is 0. The molecular weight excluding hydrogens is 270 g/mol. The summed E-state index contributed by atoms with van der Waals surface area (Å²) in [6.45, 7) is 0.509. The van der Waals surface area contributed by atoms with Crippen molar-refractivity contribution in [2.24, 2.45) is 5.73 Å². The lowest BCUT2D eigenvalue weighted by molar-refractivity contribution is 0.1000. The van der Waals surface area contributed by atoms with E-state index in [1.807, 2.05) is 12.1 Å². The van der Waals surface area contributed by atoms with E-state index in [0.29, 0.717) is 23.7 Å². The normalized spacial score (nSPS) is 10.1. The third-order valence-electron chi connectivity index (χ3n) is 2.83. The van der Waals surface area contributed by atoms with E-state index >= 15 is 0 Å². The Hall–Kier alpha value is -2.53. The summed E-state index contributed by atoms with van der Waals surface area (Å²) in [7, 11) is 0. The van der Waals surface area contributed by atoms with Crippen LogP contribution in [0.2, 0.25) is 0 Å². The number of carbonyl (C=O) groups is 1. The molecule has 0 saturated heterocycles. The fourth-order valence-corrected chi connectivity index (χ4v) is 1.77. The van der Waals surface area contributed by atoms with E-state index in [0.717, 1.165) is 5.56 Å². The van der Waals surface area contributed by atoms with Gasteiger partial charge in [0.2, 0.25) is 5.91 Å². The number of primary amides is 1. The minimum atomic E-state index is -0.454. The Bertz CT molecular complexity index is 595. The summed E-state index contributed by atoms with van der Waals surface area (Å²) in [4.78, 5) is 11.0. The van der Waals surface area contributed by atoms with E-state index in [1.165, 1.54) is 0 Å². The number of rotatable bonds is 7. The van der Waals surface area contributed by atoms with Gasteiger partial charge in [0.05, 0.1) is 6.61 Å². The zero-order valence-corrected chi connectivity index (χ0v) is 11.5. The van der Waals surface area contributed by atoms with Gasteiger partial charge < -0.3 is 20.3 Å². The number of hydrogen-bond acceptors (Lipinski definition) is 4. The van der Waals surface area contributed by atoms with Crippen molar-refractivity contribution in [3.05, 3.63) is 59.7 Å². The van der Waals surface area contributed by atoms with Crippen LogP contribution in [0.5, 0.6) is 11.5 Å². The third kappa shape index (κ3) is 4.22. The zero-order chi connectivity index (χ0) is 15.1. The van der Waals surface area contributed by atoms with Crippen molar-refractivity contribution in [1.29, 1.82) is 0 Å². The van der Waals surface area contributed by atoms with Crippen LogP contribution in [0.1, 0.15) is 15.9 Å². The fraction of sp³-hybridized carbons (Fsp3) is 0.188. The Kier molecular flexibility index (Phi) is 5.17. The first-order valence-electron chi connectivity index (χ1n) is 6.55. The van der Waals surface area contributed by atoms with E-state index < -0.39 is 5.91 Å². The molecule has 21 heavy (non-hydrogen) atoms. The maximum atomic E-state index is 11.0. The maximum absolute atomic E-state index is 11.0. The first kappa shape index (κ1) is 14.9. The highest BCUT2D eigenvalue weighted by Gasteiger charge is 2.05. The summed E-state index contributed by atoms with van der Waals surface area (Å²) in [5.74, 6) is 0.732. The summed E-state index contributed by atoms with van der Waals surface area (Å²) >= 11 is 0. The second kappa shape index (κ2) is 7.31. The van der Waals surface area contributed by atoms with Crippen molar-refractivity contribution >= 4 is 5.91 Å². The van der Waals surface area contributed by atoms with Crippen molar-refractivity contribution in [3.63, 3.8) is 0 Å². The van der Waals surface area contributed by atoms with Gasteiger partial charge in [0.25, 0.3) is 0 Å². The highest BCUT2D eigenvalue weighted by Crippen LogP contribution is 2.27. The van der Waals surface area contributed by atoms with Gasteiger partial charge in [-0.25, -0.2) is 0 Å². The molecule has 0 spiro atoms. The predicted molar refractivity (Wildman–Crippen MR) is 78.3 cm³/mol. The molecule has 2 aromatic carbocycles. The standard InChI is InChI=1S/C16H17NO4/c17-16(19)13-7-5-12(6-8-13)11-21-15-4-2-1-3-14(15)20-10-9-18/h1-8,18H,9-11H2,(H2,17,19). The van der Waals surface area contributed by atoms with Crippen molar-refractivity contribution < 1.29 is 19.4 Å². The molecule has 2 rings (SSSR count). The lowest BCUT2D eigenvalue weighted by Gasteiger charge is -2.12. The van der Waals surface area contributed by atoms with Crippen LogP contribution >= 0.6 is 0 Å². The molecule has 0 bridgehead atoms. The van der Waals surface area contributed by atoms with Gasteiger partial charge in [-0.2, -0.15) is 0 Å². The van der Waals surface area contributed by atoms with E-state index in [4.69, 9.17) is 20.3 Å². The van der Waals surface area contributed by atoms with Crippen LogP contribution < -0.4 is 15.2 Å². The topological polar surface area (TPSA) is 81.8 Å². The number of para-hydroxylation sites is 2. The number of carbonyl (C=O) groups excluding carboxylic acids is 1. The second-order valence-corrected chi connectivity index (χ2v) is 4.37. The smallest absolute Gasteiger partial charge is 0.248 e. The van der Waals surface area contributed by atoms with Gasteiger partial charge in [-0.3, -0.25) is 4.79 Å². The first-order valence-corrected chi connectivity index (χ1v) is 6.55.